The molecule has 0 aromatic heterocycles. The average molecular weight is 310 g/mol. The van der Waals surface area contributed by atoms with E-state index in [0.29, 0.717) is 25.1 Å². The van der Waals surface area contributed by atoms with Crippen LogP contribution in [0, 0.1) is 5.82 Å². The van der Waals surface area contributed by atoms with E-state index in [0.717, 1.165) is 12.0 Å². The fraction of sp³-hybridized carbons (Fsp3) is 0.462. The van der Waals surface area contributed by atoms with E-state index in [1.54, 1.807) is 11.0 Å². The van der Waals surface area contributed by atoms with Crippen LogP contribution in [0.5, 0.6) is 0 Å². The van der Waals surface area contributed by atoms with Gasteiger partial charge in [0.1, 0.15) is 15.7 Å². The molecule has 2 radical (unpaired) electrons. The molecule has 1 N–H and O–H groups in total. The predicted molar refractivity (Wildman–Crippen MR) is 78.9 cm³/mol. The second-order valence-electron chi connectivity index (χ2n) is 4.98. The van der Waals surface area contributed by atoms with Crippen molar-refractivity contribution in [1.82, 2.24) is 4.72 Å². The molecule has 0 saturated heterocycles. The molecular formula is C13H16BFN2O3S. The molecular weight excluding hydrogens is 294 g/mol. The van der Waals surface area contributed by atoms with Crippen molar-refractivity contribution < 1.29 is 17.6 Å². The number of benzene rings is 1. The minimum Gasteiger partial charge on any atom is -0.312 e. The van der Waals surface area contributed by atoms with Crippen LogP contribution in [0.3, 0.4) is 0 Å². The van der Waals surface area contributed by atoms with E-state index in [1.807, 2.05) is 6.92 Å². The summed E-state index contributed by atoms with van der Waals surface area (Å²) in [5.41, 5.74) is 1.63. The molecule has 0 saturated carbocycles. The highest BCUT2D eigenvalue weighted by molar-refractivity contribution is 8.10. The van der Waals surface area contributed by atoms with Crippen LogP contribution >= 0.6 is 0 Å². The summed E-state index contributed by atoms with van der Waals surface area (Å²) in [6.07, 6.45) is 1.68. The van der Waals surface area contributed by atoms with Crippen LogP contribution in [0.2, 0.25) is 0 Å². The second-order valence-corrected chi connectivity index (χ2v) is 6.36. The molecule has 0 unspecified atom stereocenters. The van der Waals surface area contributed by atoms with E-state index in [9.17, 15) is 17.6 Å². The van der Waals surface area contributed by atoms with Crippen molar-refractivity contribution in [3.8, 4) is 0 Å². The monoisotopic (exact) mass is 310 g/mol. The molecule has 8 heteroatoms. The van der Waals surface area contributed by atoms with Gasteiger partial charge in [-0.3, -0.25) is 4.79 Å². The number of fused-ring (bicyclic) bond motifs is 1. The molecule has 2 rings (SSSR count). The maximum Gasteiger partial charge on any atom is 0.277 e. The van der Waals surface area contributed by atoms with Crippen LogP contribution < -0.4 is 9.62 Å². The molecule has 0 fully saturated rings. The molecule has 1 aromatic carbocycles. The third-order valence-electron chi connectivity index (χ3n) is 3.36. The van der Waals surface area contributed by atoms with E-state index in [2.05, 4.69) is 4.72 Å². The molecule has 0 atom stereocenters. The Morgan fingerprint density at radius 2 is 2.10 bits per heavy atom. The first-order valence-corrected chi connectivity index (χ1v) is 8.25. The van der Waals surface area contributed by atoms with Gasteiger partial charge < -0.3 is 4.90 Å². The van der Waals surface area contributed by atoms with Crippen molar-refractivity contribution in [1.29, 1.82) is 0 Å². The van der Waals surface area contributed by atoms with Gasteiger partial charge in [0, 0.05) is 30.8 Å². The molecule has 21 heavy (non-hydrogen) atoms. The Hall–Kier alpha value is -1.41. The number of carbonyl (C=O) groups is 1. The molecule has 1 aromatic rings. The van der Waals surface area contributed by atoms with Gasteiger partial charge in [0.05, 0.1) is 0 Å². The predicted octanol–water partition coefficient (Wildman–Crippen LogP) is 1.02. The van der Waals surface area contributed by atoms with Crippen LogP contribution in [0.25, 0.3) is 0 Å². The molecule has 0 bridgehead atoms. The third kappa shape index (κ3) is 3.82. The summed E-state index contributed by atoms with van der Waals surface area (Å²) in [7, 11) is 0.967. The Balaban J connectivity index is 2.32. The molecule has 0 spiro atoms. The van der Waals surface area contributed by atoms with E-state index in [1.165, 1.54) is 6.07 Å². The molecule has 1 amide bonds. The lowest BCUT2D eigenvalue weighted by Gasteiger charge is -2.29. The second kappa shape index (κ2) is 6.15. The molecule has 1 heterocycles. The van der Waals surface area contributed by atoms with Gasteiger partial charge in [0.25, 0.3) is 7.12 Å². The number of hydrogen-bond acceptors (Lipinski definition) is 3. The van der Waals surface area contributed by atoms with Crippen molar-refractivity contribution in [3.63, 3.8) is 0 Å². The highest BCUT2D eigenvalue weighted by atomic mass is 32.2. The highest BCUT2D eigenvalue weighted by Gasteiger charge is 2.25. The van der Waals surface area contributed by atoms with E-state index in [-0.39, 0.29) is 18.0 Å². The number of amides is 1. The molecule has 5 nitrogen and oxygen atoms in total. The van der Waals surface area contributed by atoms with Gasteiger partial charge in [0.15, 0.2) is 0 Å². The summed E-state index contributed by atoms with van der Waals surface area (Å²) >= 11 is 0. The lowest BCUT2D eigenvalue weighted by Crippen LogP contribution is -2.36. The lowest BCUT2D eigenvalue weighted by molar-refractivity contribution is -0.118. The number of carbonyl (C=O) groups excluding carboxylic acids is 1. The zero-order valence-corrected chi connectivity index (χ0v) is 12.5. The maximum atomic E-state index is 14.1. The average Bonchev–Trinajstić information content (AvgIpc) is 2.39. The van der Waals surface area contributed by atoms with Gasteiger partial charge in [-0.25, -0.2) is 17.5 Å². The van der Waals surface area contributed by atoms with Gasteiger partial charge in [-0.15, -0.1) is 0 Å². The number of aryl methyl sites for hydroxylation is 1. The topological polar surface area (TPSA) is 66.5 Å². The molecule has 1 aliphatic heterocycles. The molecule has 112 valence electrons. The fourth-order valence-electron chi connectivity index (χ4n) is 2.40. The highest BCUT2D eigenvalue weighted by Crippen LogP contribution is 2.30. The van der Waals surface area contributed by atoms with Gasteiger partial charge in [0.2, 0.25) is 5.91 Å². The van der Waals surface area contributed by atoms with Crippen molar-refractivity contribution in [2.75, 3.05) is 11.4 Å². The Morgan fingerprint density at radius 3 is 2.71 bits per heavy atom. The summed E-state index contributed by atoms with van der Waals surface area (Å²) in [6.45, 7) is 2.28. The maximum absolute atomic E-state index is 14.1. The largest absolute Gasteiger partial charge is 0.312 e. The van der Waals surface area contributed by atoms with Crippen LogP contribution in [0.4, 0.5) is 10.1 Å². The van der Waals surface area contributed by atoms with Crippen LogP contribution in [0.1, 0.15) is 30.9 Å². The van der Waals surface area contributed by atoms with Gasteiger partial charge in [-0.05, 0) is 30.5 Å². The van der Waals surface area contributed by atoms with Crippen molar-refractivity contribution in [2.45, 2.75) is 32.7 Å². The first-order valence-electron chi connectivity index (χ1n) is 6.71. The van der Waals surface area contributed by atoms with E-state index < -0.39 is 15.7 Å². The normalized spacial score (nSPS) is 15.1. The SMILES string of the molecule is [B]S(=O)(=O)NCc1cc2c(cc1F)N(CCC)C(=O)CC2. The Labute approximate surface area is 124 Å². The number of rotatable bonds is 5. The number of halogens is 1. The van der Waals surface area contributed by atoms with Crippen LogP contribution in [-0.2, 0) is 27.6 Å². The number of hydrogen-bond donors (Lipinski definition) is 1. The van der Waals surface area contributed by atoms with E-state index in [4.69, 9.17) is 7.12 Å². The molecule has 0 aliphatic carbocycles. The number of nitrogens with zero attached hydrogens (tertiary/aromatic N) is 1. The number of anilines is 1. The van der Waals surface area contributed by atoms with Crippen molar-refractivity contribution in [2.24, 2.45) is 0 Å². The Kier molecular flexibility index (Phi) is 4.68. The molecule has 1 aliphatic rings. The zero-order valence-electron chi connectivity index (χ0n) is 11.7. The van der Waals surface area contributed by atoms with E-state index >= 15 is 0 Å². The summed E-state index contributed by atoms with van der Waals surface area (Å²) in [5, 5.41) is 0. The van der Waals surface area contributed by atoms with Crippen molar-refractivity contribution >= 4 is 28.6 Å². The smallest absolute Gasteiger partial charge is 0.277 e. The summed E-state index contributed by atoms with van der Waals surface area (Å²) in [4.78, 5) is 13.5. The van der Waals surface area contributed by atoms with Crippen LogP contribution in [0.15, 0.2) is 12.1 Å². The summed E-state index contributed by atoms with van der Waals surface area (Å²) in [5.74, 6) is -0.570. The zero-order chi connectivity index (χ0) is 15.6. The van der Waals surface area contributed by atoms with Gasteiger partial charge in [-0.1, -0.05) is 6.92 Å². The Morgan fingerprint density at radius 1 is 1.38 bits per heavy atom. The Bertz CT molecular complexity index is 664. The quantitative estimate of drug-likeness (QED) is 0.826. The van der Waals surface area contributed by atoms with Gasteiger partial charge in [-0.2, -0.15) is 0 Å². The van der Waals surface area contributed by atoms with Crippen molar-refractivity contribution in [3.05, 3.63) is 29.1 Å². The first-order chi connectivity index (χ1) is 9.81. The minimum atomic E-state index is -3.87. The van der Waals surface area contributed by atoms with Gasteiger partial charge >= 0.3 is 0 Å². The minimum absolute atomic E-state index is 0.0147. The fourth-order valence-corrected chi connectivity index (χ4v) is 2.76. The summed E-state index contributed by atoms with van der Waals surface area (Å²) in [6, 6.07) is 2.89. The lowest BCUT2D eigenvalue weighted by atomic mass is 9.98. The third-order valence-corrected chi connectivity index (χ3v) is 3.91. The number of nitrogens with one attached hydrogen (secondary N) is 1. The van der Waals surface area contributed by atoms with Crippen LogP contribution in [-0.4, -0.2) is 28.0 Å². The standard InChI is InChI=1S/C13H16BFN2O3S/c1-2-5-17-12-7-11(15)10(8-16-21(14,19)20)6-9(12)3-4-13(17)18/h6-7,16H,2-5,8H2,1H3. The summed E-state index contributed by atoms with van der Waals surface area (Å²) < 4.78 is 37.9. The first kappa shape index (κ1) is 16.0.